The van der Waals surface area contributed by atoms with E-state index in [1.807, 2.05) is 6.92 Å². The number of aryl methyl sites for hydroxylation is 1. The number of aromatic nitrogens is 2. The van der Waals surface area contributed by atoms with E-state index < -0.39 is 0 Å². The number of rotatable bonds is 3. The average Bonchev–Trinajstić information content (AvgIpc) is 2.96. The lowest BCUT2D eigenvalue weighted by atomic mass is 10.2. The number of furan rings is 1. The first-order valence-electron chi connectivity index (χ1n) is 7.51. The molecule has 0 aromatic carbocycles. The molecular formula is C16H16N4O3. The van der Waals surface area contributed by atoms with Crippen molar-refractivity contribution >= 4 is 11.8 Å². The Kier molecular flexibility index (Phi) is 2.97. The summed E-state index contributed by atoms with van der Waals surface area (Å²) in [5.41, 5.74) is 0.734. The number of carbonyl (C=O) groups is 2. The third-order valence-electron chi connectivity index (χ3n) is 4.54. The van der Waals surface area contributed by atoms with Gasteiger partial charge in [0, 0.05) is 25.2 Å². The molecule has 1 aliphatic heterocycles. The first-order chi connectivity index (χ1) is 11.1. The molecule has 1 aliphatic carbocycles. The Bertz CT molecular complexity index is 756. The van der Waals surface area contributed by atoms with Gasteiger partial charge in [0.2, 0.25) is 0 Å². The number of fused-ring (bicyclic) bond motifs is 1. The van der Waals surface area contributed by atoms with Gasteiger partial charge in [-0.1, -0.05) is 0 Å². The van der Waals surface area contributed by atoms with Crippen LogP contribution >= 0.6 is 0 Å². The van der Waals surface area contributed by atoms with E-state index in [0.29, 0.717) is 30.5 Å². The molecule has 23 heavy (non-hydrogen) atoms. The summed E-state index contributed by atoms with van der Waals surface area (Å²) < 4.78 is 5.16. The van der Waals surface area contributed by atoms with Crippen LogP contribution in [0, 0.1) is 12.8 Å². The van der Waals surface area contributed by atoms with Gasteiger partial charge in [0.15, 0.2) is 5.76 Å². The quantitative estimate of drug-likeness (QED) is 0.914. The second-order valence-corrected chi connectivity index (χ2v) is 6.22. The lowest BCUT2D eigenvalue weighted by Gasteiger charge is -2.20. The summed E-state index contributed by atoms with van der Waals surface area (Å²) in [6.07, 6.45) is 5.41. The Hall–Kier alpha value is -2.70. The second kappa shape index (κ2) is 4.91. The van der Waals surface area contributed by atoms with Crippen molar-refractivity contribution in [2.24, 2.45) is 5.92 Å². The maximum absolute atomic E-state index is 12.3. The molecule has 118 valence electrons. The van der Waals surface area contributed by atoms with Crippen LogP contribution in [0.3, 0.4) is 0 Å². The Morgan fingerprint density at radius 3 is 2.96 bits per heavy atom. The van der Waals surface area contributed by atoms with Crippen LogP contribution in [0.15, 0.2) is 35.2 Å². The van der Waals surface area contributed by atoms with E-state index in [9.17, 15) is 9.59 Å². The highest BCUT2D eigenvalue weighted by Crippen LogP contribution is 2.49. The van der Waals surface area contributed by atoms with Crippen LogP contribution in [-0.4, -0.2) is 45.3 Å². The van der Waals surface area contributed by atoms with Crippen LogP contribution < -0.4 is 5.32 Å². The predicted molar refractivity (Wildman–Crippen MR) is 79.7 cm³/mol. The van der Waals surface area contributed by atoms with Gasteiger partial charge in [-0.25, -0.2) is 4.98 Å². The molecule has 2 aromatic rings. The van der Waals surface area contributed by atoms with E-state index in [4.69, 9.17) is 4.42 Å². The Morgan fingerprint density at radius 2 is 2.26 bits per heavy atom. The van der Waals surface area contributed by atoms with Crippen LogP contribution in [0.2, 0.25) is 0 Å². The minimum atomic E-state index is -0.327. The molecule has 4 rings (SSSR count). The van der Waals surface area contributed by atoms with Crippen LogP contribution in [0.25, 0.3) is 0 Å². The second-order valence-electron chi connectivity index (χ2n) is 6.22. The third-order valence-corrected chi connectivity index (χ3v) is 4.54. The maximum Gasteiger partial charge on any atom is 0.289 e. The fourth-order valence-corrected chi connectivity index (χ4v) is 3.19. The van der Waals surface area contributed by atoms with E-state index >= 15 is 0 Å². The van der Waals surface area contributed by atoms with Crippen molar-refractivity contribution in [2.75, 3.05) is 13.1 Å². The lowest BCUT2D eigenvalue weighted by molar-refractivity contribution is 0.0729. The zero-order chi connectivity index (χ0) is 16.0. The van der Waals surface area contributed by atoms with Crippen LogP contribution in [-0.2, 0) is 0 Å². The van der Waals surface area contributed by atoms with E-state index in [0.717, 1.165) is 12.1 Å². The Labute approximate surface area is 132 Å². The minimum absolute atomic E-state index is 0.133. The third kappa shape index (κ3) is 2.38. The maximum atomic E-state index is 12.3. The van der Waals surface area contributed by atoms with Gasteiger partial charge in [-0.3, -0.25) is 14.6 Å². The number of nitrogens with one attached hydrogen (secondary N) is 1. The van der Waals surface area contributed by atoms with Crippen molar-refractivity contribution in [3.8, 4) is 0 Å². The molecule has 0 unspecified atom stereocenters. The predicted octanol–water partition coefficient (Wildman–Crippen LogP) is 1.02. The van der Waals surface area contributed by atoms with Gasteiger partial charge in [-0.2, -0.15) is 0 Å². The molecule has 0 radical (unpaired) electrons. The number of piperidine rings is 1. The normalized spacial score (nSPS) is 25.1. The molecule has 1 saturated carbocycles. The van der Waals surface area contributed by atoms with Gasteiger partial charge >= 0.3 is 0 Å². The summed E-state index contributed by atoms with van der Waals surface area (Å²) in [6, 6.07) is 3.34. The van der Waals surface area contributed by atoms with Crippen molar-refractivity contribution in [3.05, 3.63) is 47.9 Å². The summed E-state index contributed by atoms with van der Waals surface area (Å²) >= 11 is 0. The minimum Gasteiger partial charge on any atom is -0.459 e. The molecule has 3 heterocycles. The number of likely N-dealkylation sites (tertiary alicyclic amines) is 1. The van der Waals surface area contributed by atoms with Crippen LogP contribution in [0.4, 0.5) is 0 Å². The Morgan fingerprint density at radius 1 is 1.39 bits per heavy atom. The van der Waals surface area contributed by atoms with Crippen molar-refractivity contribution in [1.29, 1.82) is 0 Å². The number of nitrogens with zero attached hydrogens (tertiary/aromatic N) is 3. The number of carbonyl (C=O) groups excluding carboxylic acids is 2. The lowest BCUT2D eigenvalue weighted by Crippen LogP contribution is -2.43. The molecular weight excluding hydrogens is 296 g/mol. The fourth-order valence-electron chi connectivity index (χ4n) is 3.19. The summed E-state index contributed by atoms with van der Waals surface area (Å²) in [5, 5.41) is 3.03. The first kappa shape index (κ1) is 13.9. The highest BCUT2D eigenvalue weighted by molar-refractivity contribution is 5.94. The molecule has 2 aliphatic rings. The monoisotopic (exact) mass is 312 g/mol. The molecule has 2 amide bonds. The smallest absolute Gasteiger partial charge is 0.289 e. The van der Waals surface area contributed by atoms with Crippen LogP contribution in [0.5, 0.6) is 0 Å². The van der Waals surface area contributed by atoms with Crippen molar-refractivity contribution in [1.82, 2.24) is 20.2 Å². The summed E-state index contributed by atoms with van der Waals surface area (Å²) in [4.78, 5) is 34.5. The van der Waals surface area contributed by atoms with Gasteiger partial charge in [0.25, 0.3) is 11.8 Å². The topological polar surface area (TPSA) is 88.3 Å². The highest BCUT2D eigenvalue weighted by atomic mass is 16.3. The standard InChI is InChI=1S/C16H16N4O3/c1-10-6-18-12(7-17-10)14(21)19-16-5-11(16)8-20(9-16)15(22)13-3-2-4-23-13/h2-4,6-7,11H,5,8-9H2,1H3,(H,19,21)/t11-,16-/m1/s1. The Balaban J connectivity index is 1.44. The van der Waals surface area contributed by atoms with Crippen LogP contribution in [0.1, 0.15) is 33.2 Å². The summed E-state index contributed by atoms with van der Waals surface area (Å²) in [7, 11) is 0. The van der Waals surface area contributed by atoms with Gasteiger partial charge in [-0.05, 0) is 25.5 Å². The zero-order valence-corrected chi connectivity index (χ0v) is 12.7. The number of amides is 2. The van der Waals surface area contributed by atoms with Crippen molar-refractivity contribution in [3.63, 3.8) is 0 Å². The molecule has 0 bridgehead atoms. The summed E-state index contributed by atoms with van der Waals surface area (Å²) in [6.45, 7) is 2.96. The molecule has 7 heteroatoms. The fraction of sp³-hybridized carbons (Fsp3) is 0.375. The molecule has 2 fully saturated rings. The van der Waals surface area contributed by atoms with E-state index in [1.165, 1.54) is 12.5 Å². The molecule has 0 spiro atoms. The molecule has 1 N–H and O–H groups in total. The average molecular weight is 312 g/mol. The molecule has 2 atom stereocenters. The van der Waals surface area contributed by atoms with Gasteiger partial charge in [0.1, 0.15) is 5.69 Å². The SMILES string of the molecule is Cc1cnc(C(=O)N[C@@]23C[C@@H]2CN(C(=O)c2ccco2)C3)cn1. The summed E-state index contributed by atoms with van der Waals surface area (Å²) in [5.74, 6) is 0.249. The number of hydrogen-bond acceptors (Lipinski definition) is 5. The molecule has 7 nitrogen and oxygen atoms in total. The highest BCUT2D eigenvalue weighted by Gasteiger charge is 2.62. The van der Waals surface area contributed by atoms with E-state index in [1.54, 1.807) is 23.2 Å². The van der Waals surface area contributed by atoms with Gasteiger partial charge in [0.05, 0.1) is 23.7 Å². The molecule has 1 saturated heterocycles. The number of hydrogen-bond donors (Lipinski definition) is 1. The zero-order valence-electron chi connectivity index (χ0n) is 12.7. The largest absolute Gasteiger partial charge is 0.459 e. The van der Waals surface area contributed by atoms with Crippen molar-refractivity contribution < 1.29 is 14.0 Å². The molecule has 2 aromatic heterocycles. The first-order valence-corrected chi connectivity index (χ1v) is 7.51. The van der Waals surface area contributed by atoms with Crippen molar-refractivity contribution in [2.45, 2.75) is 18.9 Å². The van der Waals surface area contributed by atoms with E-state index in [2.05, 4.69) is 15.3 Å². The van der Waals surface area contributed by atoms with Gasteiger partial charge in [-0.15, -0.1) is 0 Å². The van der Waals surface area contributed by atoms with Gasteiger partial charge < -0.3 is 14.6 Å². The van der Waals surface area contributed by atoms with E-state index in [-0.39, 0.29) is 17.4 Å².